The monoisotopic (exact) mass is 457 g/mol. The molecule has 2 aromatic carbocycles. The van der Waals surface area contributed by atoms with Gasteiger partial charge in [-0.1, -0.05) is 18.2 Å². The van der Waals surface area contributed by atoms with Gasteiger partial charge < -0.3 is 20.1 Å². The number of benzene rings is 2. The van der Waals surface area contributed by atoms with Crippen molar-refractivity contribution < 1.29 is 13.9 Å². The second-order valence-electron chi connectivity index (χ2n) is 5.55. The lowest BCUT2D eigenvalue weighted by Gasteiger charge is -2.12. The summed E-state index contributed by atoms with van der Waals surface area (Å²) in [5.41, 5.74) is 2.71. The maximum absolute atomic E-state index is 13.3. The van der Waals surface area contributed by atoms with E-state index < -0.39 is 0 Å². The Hall–Kier alpha value is -2.03. The zero-order valence-electron chi connectivity index (χ0n) is 14.1. The molecule has 0 saturated heterocycles. The lowest BCUT2D eigenvalue weighted by atomic mass is 10.1. The van der Waals surface area contributed by atoms with Crippen molar-refractivity contribution in [2.45, 2.75) is 20.0 Å². The molecule has 0 amide bonds. The fourth-order valence-corrected chi connectivity index (χ4v) is 2.46. The second-order valence-corrected chi connectivity index (χ2v) is 5.55. The highest BCUT2D eigenvalue weighted by Gasteiger charge is 2.13. The number of rotatable bonds is 4. The highest BCUT2D eigenvalue weighted by atomic mass is 127. The van der Waals surface area contributed by atoms with Crippen LogP contribution in [0.25, 0.3) is 0 Å². The second kappa shape index (κ2) is 8.89. The molecule has 1 aliphatic rings. The van der Waals surface area contributed by atoms with E-state index in [1.54, 1.807) is 20.0 Å². The summed E-state index contributed by atoms with van der Waals surface area (Å²) in [4.78, 5) is 4.20. The average Bonchev–Trinajstić information content (AvgIpc) is 3.06. The molecule has 2 N–H and O–H groups in total. The first-order valence-corrected chi connectivity index (χ1v) is 7.74. The van der Waals surface area contributed by atoms with E-state index in [2.05, 4.69) is 15.6 Å². The van der Waals surface area contributed by atoms with Crippen LogP contribution in [0.15, 0.2) is 41.4 Å². The number of nitrogens with zero attached hydrogens (tertiary/aromatic N) is 1. The lowest BCUT2D eigenvalue weighted by molar-refractivity contribution is 0.174. The molecule has 1 aliphatic heterocycles. The van der Waals surface area contributed by atoms with Gasteiger partial charge in [0.2, 0.25) is 6.79 Å². The van der Waals surface area contributed by atoms with Crippen molar-refractivity contribution in [3.63, 3.8) is 0 Å². The molecule has 1 heterocycles. The predicted octanol–water partition coefficient (Wildman–Crippen LogP) is 3.35. The minimum atomic E-state index is -0.191. The van der Waals surface area contributed by atoms with Crippen LogP contribution in [0.5, 0.6) is 11.5 Å². The summed E-state index contributed by atoms with van der Waals surface area (Å²) in [5, 5.41) is 6.46. The summed E-state index contributed by atoms with van der Waals surface area (Å²) in [6.07, 6.45) is 0. The maximum atomic E-state index is 13.3. The molecule has 0 aliphatic carbocycles. The standard InChI is InChI=1S/C18H20FN3O2.HI/c1-12-7-13(3-5-15(12)19)9-21-18(20-2)22-10-14-4-6-16-17(8-14)24-11-23-16;/h3-8H,9-11H2,1-2H3,(H2,20,21,22);1H. The van der Waals surface area contributed by atoms with Gasteiger partial charge in [0.1, 0.15) is 5.82 Å². The topological polar surface area (TPSA) is 54.9 Å². The smallest absolute Gasteiger partial charge is 0.231 e. The van der Waals surface area contributed by atoms with Gasteiger partial charge in [-0.15, -0.1) is 24.0 Å². The van der Waals surface area contributed by atoms with Crippen molar-refractivity contribution in [2.75, 3.05) is 13.8 Å². The van der Waals surface area contributed by atoms with Gasteiger partial charge in [0.15, 0.2) is 17.5 Å². The van der Waals surface area contributed by atoms with Crippen LogP contribution in [0.2, 0.25) is 0 Å². The van der Waals surface area contributed by atoms with Gasteiger partial charge in [-0.2, -0.15) is 0 Å². The molecule has 3 rings (SSSR count). The Morgan fingerprint density at radius 3 is 2.36 bits per heavy atom. The van der Waals surface area contributed by atoms with Crippen LogP contribution in [0.3, 0.4) is 0 Å². The van der Waals surface area contributed by atoms with Crippen LogP contribution in [0, 0.1) is 12.7 Å². The zero-order chi connectivity index (χ0) is 16.9. The Morgan fingerprint density at radius 2 is 1.68 bits per heavy atom. The van der Waals surface area contributed by atoms with Crippen molar-refractivity contribution in [1.29, 1.82) is 0 Å². The van der Waals surface area contributed by atoms with E-state index in [1.165, 1.54) is 6.07 Å². The first-order chi connectivity index (χ1) is 11.7. The number of aryl methyl sites for hydroxylation is 1. The molecule has 134 valence electrons. The molecule has 25 heavy (non-hydrogen) atoms. The fourth-order valence-electron chi connectivity index (χ4n) is 2.46. The number of halogens is 2. The minimum Gasteiger partial charge on any atom is -0.454 e. The quantitative estimate of drug-likeness (QED) is 0.420. The fraction of sp³-hybridized carbons (Fsp3) is 0.278. The molecule has 0 bridgehead atoms. The Balaban J connectivity index is 0.00000225. The third-order valence-corrected chi connectivity index (χ3v) is 3.80. The zero-order valence-corrected chi connectivity index (χ0v) is 16.5. The van der Waals surface area contributed by atoms with Crippen LogP contribution in [0.4, 0.5) is 4.39 Å². The maximum Gasteiger partial charge on any atom is 0.231 e. The van der Waals surface area contributed by atoms with Gasteiger partial charge >= 0.3 is 0 Å². The number of guanidine groups is 1. The van der Waals surface area contributed by atoms with Crippen LogP contribution in [-0.4, -0.2) is 19.8 Å². The number of fused-ring (bicyclic) bond motifs is 1. The Kier molecular flexibility index (Phi) is 6.86. The van der Waals surface area contributed by atoms with Crippen molar-refractivity contribution in [2.24, 2.45) is 4.99 Å². The van der Waals surface area contributed by atoms with Crippen LogP contribution < -0.4 is 20.1 Å². The highest BCUT2D eigenvalue weighted by Crippen LogP contribution is 2.32. The minimum absolute atomic E-state index is 0. The van der Waals surface area contributed by atoms with E-state index in [0.717, 1.165) is 22.6 Å². The summed E-state index contributed by atoms with van der Waals surface area (Å²) < 4.78 is 24.0. The molecule has 0 atom stereocenters. The summed E-state index contributed by atoms with van der Waals surface area (Å²) >= 11 is 0. The third kappa shape index (κ3) is 4.97. The molecule has 0 fully saturated rings. The largest absolute Gasteiger partial charge is 0.454 e. The van der Waals surface area contributed by atoms with Crippen molar-refractivity contribution >= 4 is 29.9 Å². The van der Waals surface area contributed by atoms with E-state index in [1.807, 2.05) is 24.3 Å². The van der Waals surface area contributed by atoms with E-state index in [0.29, 0.717) is 24.6 Å². The molecule has 0 unspecified atom stereocenters. The van der Waals surface area contributed by atoms with Crippen molar-refractivity contribution in [1.82, 2.24) is 10.6 Å². The molecule has 0 aromatic heterocycles. The van der Waals surface area contributed by atoms with Gasteiger partial charge in [-0.05, 0) is 41.8 Å². The Morgan fingerprint density at radius 1 is 1.04 bits per heavy atom. The van der Waals surface area contributed by atoms with Crippen LogP contribution >= 0.6 is 24.0 Å². The van der Waals surface area contributed by atoms with Crippen molar-refractivity contribution in [3.8, 4) is 11.5 Å². The van der Waals surface area contributed by atoms with Gasteiger partial charge in [-0.25, -0.2) is 4.39 Å². The van der Waals surface area contributed by atoms with E-state index in [4.69, 9.17) is 9.47 Å². The number of nitrogens with one attached hydrogen (secondary N) is 2. The molecular formula is C18H21FIN3O2. The molecule has 5 nitrogen and oxygen atoms in total. The molecule has 0 spiro atoms. The molecule has 0 radical (unpaired) electrons. The summed E-state index contributed by atoms with van der Waals surface area (Å²) in [7, 11) is 1.71. The normalized spacial score (nSPS) is 12.5. The van der Waals surface area contributed by atoms with Crippen LogP contribution in [-0.2, 0) is 13.1 Å². The first kappa shape index (κ1) is 19.3. The van der Waals surface area contributed by atoms with Gasteiger partial charge in [0, 0.05) is 20.1 Å². The van der Waals surface area contributed by atoms with E-state index in [9.17, 15) is 4.39 Å². The summed E-state index contributed by atoms with van der Waals surface area (Å²) in [6, 6.07) is 10.9. The van der Waals surface area contributed by atoms with Gasteiger partial charge in [0.05, 0.1) is 0 Å². The van der Waals surface area contributed by atoms with Gasteiger partial charge in [0.25, 0.3) is 0 Å². The average molecular weight is 457 g/mol. The van der Waals surface area contributed by atoms with E-state index >= 15 is 0 Å². The molecule has 2 aromatic rings. The SMILES string of the molecule is CN=C(NCc1ccc(F)c(C)c1)NCc1ccc2c(c1)OCO2.I. The Labute approximate surface area is 163 Å². The predicted molar refractivity (Wildman–Crippen MR) is 106 cm³/mol. The van der Waals surface area contributed by atoms with Crippen molar-refractivity contribution in [3.05, 3.63) is 58.9 Å². The van der Waals surface area contributed by atoms with E-state index in [-0.39, 0.29) is 36.6 Å². The number of hydrogen-bond donors (Lipinski definition) is 2. The van der Waals surface area contributed by atoms with Crippen LogP contribution in [0.1, 0.15) is 16.7 Å². The number of aliphatic imine (C=N–C) groups is 1. The summed E-state index contributed by atoms with van der Waals surface area (Å²) in [5.74, 6) is 2.02. The first-order valence-electron chi connectivity index (χ1n) is 7.74. The Bertz CT molecular complexity index is 768. The molecular weight excluding hydrogens is 436 g/mol. The lowest BCUT2D eigenvalue weighted by Crippen LogP contribution is -2.36. The number of hydrogen-bond acceptors (Lipinski definition) is 3. The molecule has 7 heteroatoms. The number of ether oxygens (including phenoxy) is 2. The molecule has 0 saturated carbocycles. The van der Waals surface area contributed by atoms with Gasteiger partial charge in [-0.3, -0.25) is 4.99 Å². The third-order valence-electron chi connectivity index (χ3n) is 3.80. The summed E-state index contributed by atoms with van der Waals surface area (Å²) in [6.45, 7) is 3.21. The highest BCUT2D eigenvalue weighted by molar-refractivity contribution is 14.0.